The maximum absolute atomic E-state index is 5.34. The van der Waals surface area contributed by atoms with E-state index in [9.17, 15) is 0 Å². The molecule has 1 atom stereocenters. The number of rotatable bonds is 8. The lowest BCUT2D eigenvalue weighted by atomic mass is 9.98. The summed E-state index contributed by atoms with van der Waals surface area (Å²) < 4.78 is 5.34. The van der Waals surface area contributed by atoms with E-state index in [0.717, 1.165) is 57.5 Å². The molecule has 1 aromatic heterocycles. The highest BCUT2D eigenvalue weighted by Gasteiger charge is 2.22. The van der Waals surface area contributed by atoms with Crippen LogP contribution in [0.1, 0.15) is 32.0 Å². The minimum absolute atomic E-state index is 0.702. The molecule has 6 heteroatoms. The summed E-state index contributed by atoms with van der Waals surface area (Å²) >= 11 is 0. The Kier molecular flexibility index (Phi) is 6.26. The molecule has 0 aliphatic carbocycles. The normalized spacial score (nSPS) is 19.5. The first-order valence-electron chi connectivity index (χ1n) is 7.72. The molecular weight excluding hydrogens is 254 g/mol. The van der Waals surface area contributed by atoms with E-state index in [2.05, 4.69) is 25.4 Å². The zero-order valence-corrected chi connectivity index (χ0v) is 12.7. The SMILES string of the molecule is CCOCCCc1nc(N2CCCC(CNC)C2)n[nH]1. The Morgan fingerprint density at radius 3 is 3.20 bits per heavy atom. The Morgan fingerprint density at radius 1 is 1.50 bits per heavy atom. The van der Waals surface area contributed by atoms with Gasteiger partial charge in [0.05, 0.1) is 0 Å². The topological polar surface area (TPSA) is 66.1 Å². The van der Waals surface area contributed by atoms with Crippen molar-refractivity contribution in [2.45, 2.75) is 32.6 Å². The van der Waals surface area contributed by atoms with Crippen molar-refractivity contribution in [3.63, 3.8) is 0 Å². The van der Waals surface area contributed by atoms with Crippen LogP contribution in [0.2, 0.25) is 0 Å². The van der Waals surface area contributed by atoms with Crippen molar-refractivity contribution >= 4 is 5.95 Å². The first kappa shape index (κ1) is 15.3. The van der Waals surface area contributed by atoms with Gasteiger partial charge in [-0.2, -0.15) is 4.98 Å². The molecular formula is C14H27N5O. The van der Waals surface area contributed by atoms with E-state index in [-0.39, 0.29) is 0 Å². The van der Waals surface area contributed by atoms with Gasteiger partial charge in [-0.1, -0.05) is 0 Å². The number of aromatic nitrogens is 3. The zero-order valence-electron chi connectivity index (χ0n) is 12.7. The number of aryl methyl sites for hydroxylation is 1. The Balaban J connectivity index is 1.81. The molecule has 2 heterocycles. The van der Waals surface area contributed by atoms with E-state index in [1.165, 1.54) is 12.8 Å². The van der Waals surface area contributed by atoms with Crippen molar-refractivity contribution in [1.29, 1.82) is 0 Å². The van der Waals surface area contributed by atoms with Crippen LogP contribution < -0.4 is 10.2 Å². The van der Waals surface area contributed by atoms with Gasteiger partial charge in [-0.15, -0.1) is 5.10 Å². The fourth-order valence-corrected chi connectivity index (χ4v) is 2.73. The zero-order chi connectivity index (χ0) is 14.2. The Morgan fingerprint density at radius 2 is 2.40 bits per heavy atom. The molecule has 1 fully saturated rings. The molecule has 2 N–H and O–H groups in total. The van der Waals surface area contributed by atoms with Gasteiger partial charge in [0.2, 0.25) is 5.95 Å². The second-order valence-electron chi connectivity index (χ2n) is 5.39. The maximum Gasteiger partial charge on any atom is 0.244 e. The highest BCUT2D eigenvalue weighted by atomic mass is 16.5. The van der Waals surface area contributed by atoms with Gasteiger partial charge >= 0.3 is 0 Å². The molecule has 114 valence electrons. The van der Waals surface area contributed by atoms with Crippen LogP contribution in [-0.4, -0.2) is 55.1 Å². The van der Waals surface area contributed by atoms with Crippen molar-refractivity contribution < 1.29 is 4.74 Å². The number of anilines is 1. The van der Waals surface area contributed by atoms with Crippen LogP contribution >= 0.6 is 0 Å². The third-order valence-corrected chi connectivity index (χ3v) is 3.72. The second kappa shape index (κ2) is 8.21. The molecule has 6 nitrogen and oxygen atoms in total. The fraction of sp³-hybridized carbons (Fsp3) is 0.857. The lowest BCUT2D eigenvalue weighted by Gasteiger charge is -2.31. The Hall–Kier alpha value is -1.14. The molecule has 0 radical (unpaired) electrons. The number of hydrogen-bond acceptors (Lipinski definition) is 5. The van der Waals surface area contributed by atoms with Gasteiger partial charge in [0.15, 0.2) is 0 Å². The monoisotopic (exact) mass is 281 g/mol. The summed E-state index contributed by atoms with van der Waals surface area (Å²) in [4.78, 5) is 6.91. The number of piperidine rings is 1. The van der Waals surface area contributed by atoms with E-state index < -0.39 is 0 Å². The minimum atomic E-state index is 0.702. The van der Waals surface area contributed by atoms with E-state index in [1.54, 1.807) is 0 Å². The number of hydrogen-bond donors (Lipinski definition) is 2. The summed E-state index contributed by atoms with van der Waals surface area (Å²) in [5.74, 6) is 2.53. The van der Waals surface area contributed by atoms with Gasteiger partial charge in [-0.3, -0.25) is 5.10 Å². The number of aromatic amines is 1. The molecule has 0 spiro atoms. The molecule has 0 amide bonds. The molecule has 20 heavy (non-hydrogen) atoms. The van der Waals surface area contributed by atoms with Gasteiger partial charge in [-0.05, 0) is 45.7 Å². The van der Waals surface area contributed by atoms with Gasteiger partial charge < -0.3 is 15.0 Å². The Labute approximate surface area is 121 Å². The summed E-state index contributed by atoms with van der Waals surface area (Å²) in [7, 11) is 2.02. The molecule has 0 bridgehead atoms. The minimum Gasteiger partial charge on any atom is -0.382 e. The number of nitrogens with zero attached hydrogens (tertiary/aromatic N) is 3. The van der Waals surface area contributed by atoms with Crippen molar-refractivity contribution in [3.8, 4) is 0 Å². The summed E-state index contributed by atoms with van der Waals surface area (Å²) in [6.45, 7) is 6.78. The van der Waals surface area contributed by atoms with Crippen LogP contribution in [0.15, 0.2) is 0 Å². The van der Waals surface area contributed by atoms with Crippen molar-refractivity contribution in [3.05, 3.63) is 5.82 Å². The van der Waals surface area contributed by atoms with Crippen LogP contribution in [-0.2, 0) is 11.2 Å². The third kappa shape index (κ3) is 4.45. The highest BCUT2D eigenvalue weighted by molar-refractivity contribution is 5.29. The van der Waals surface area contributed by atoms with E-state index in [4.69, 9.17) is 4.74 Å². The molecule has 1 saturated heterocycles. The van der Waals surface area contributed by atoms with Gasteiger partial charge in [0.1, 0.15) is 5.82 Å². The van der Waals surface area contributed by atoms with Crippen LogP contribution in [0.5, 0.6) is 0 Å². The van der Waals surface area contributed by atoms with Crippen molar-refractivity contribution in [2.24, 2.45) is 5.92 Å². The van der Waals surface area contributed by atoms with E-state index >= 15 is 0 Å². The lowest BCUT2D eigenvalue weighted by molar-refractivity contribution is 0.145. The third-order valence-electron chi connectivity index (χ3n) is 3.72. The molecule has 1 aromatic rings. The maximum atomic E-state index is 5.34. The fourth-order valence-electron chi connectivity index (χ4n) is 2.73. The van der Waals surface area contributed by atoms with Crippen LogP contribution in [0.25, 0.3) is 0 Å². The molecule has 0 aromatic carbocycles. The second-order valence-corrected chi connectivity index (χ2v) is 5.39. The molecule has 1 unspecified atom stereocenters. The number of nitrogens with one attached hydrogen (secondary N) is 2. The van der Waals surface area contributed by atoms with Crippen LogP contribution in [0.4, 0.5) is 5.95 Å². The first-order valence-corrected chi connectivity index (χ1v) is 7.72. The van der Waals surface area contributed by atoms with E-state index in [1.807, 2.05) is 14.0 Å². The predicted octanol–water partition coefficient (Wildman–Crippen LogP) is 1.21. The summed E-state index contributed by atoms with van der Waals surface area (Å²) in [6.07, 6.45) is 4.41. The highest BCUT2D eigenvalue weighted by Crippen LogP contribution is 2.19. The average molecular weight is 281 g/mol. The quantitative estimate of drug-likeness (QED) is 0.701. The van der Waals surface area contributed by atoms with Gasteiger partial charge in [0.25, 0.3) is 0 Å². The molecule has 1 aliphatic rings. The summed E-state index contributed by atoms with van der Waals surface area (Å²) in [5.41, 5.74) is 0. The molecule has 1 aliphatic heterocycles. The molecule has 2 rings (SSSR count). The van der Waals surface area contributed by atoms with Crippen LogP contribution in [0, 0.1) is 5.92 Å². The largest absolute Gasteiger partial charge is 0.382 e. The van der Waals surface area contributed by atoms with Crippen molar-refractivity contribution in [2.75, 3.05) is 44.8 Å². The van der Waals surface area contributed by atoms with Crippen LogP contribution in [0.3, 0.4) is 0 Å². The average Bonchev–Trinajstić information content (AvgIpc) is 2.93. The standard InChI is InChI=1S/C14H27N5O/c1-3-20-9-5-7-13-16-14(18-17-13)19-8-4-6-12(11-19)10-15-2/h12,15H,3-11H2,1-2H3,(H,16,17,18). The summed E-state index contributed by atoms with van der Waals surface area (Å²) in [6, 6.07) is 0. The number of ether oxygens (including phenoxy) is 1. The van der Waals surface area contributed by atoms with Gasteiger partial charge in [0, 0.05) is 32.7 Å². The molecule has 0 saturated carbocycles. The van der Waals surface area contributed by atoms with Gasteiger partial charge in [-0.25, -0.2) is 0 Å². The first-order chi connectivity index (χ1) is 9.83. The summed E-state index contributed by atoms with van der Waals surface area (Å²) in [5, 5.41) is 10.7. The number of H-pyrrole nitrogens is 1. The smallest absolute Gasteiger partial charge is 0.244 e. The lowest BCUT2D eigenvalue weighted by Crippen LogP contribution is -2.39. The Bertz CT molecular complexity index is 379. The van der Waals surface area contributed by atoms with E-state index in [0.29, 0.717) is 5.92 Å². The predicted molar refractivity (Wildman–Crippen MR) is 80.1 cm³/mol. The van der Waals surface area contributed by atoms with Crippen molar-refractivity contribution in [1.82, 2.24) is 20.5 Å².